The molecule has 114 valence electrons. The van der Waals surface area contributed by atoms with Gasteiger partial charge in [-0.2, -0.15) is 0 Å². The summed E-state index contributed by atoms with van der Waals surface area (Å²) in [6.45, 7) is 0. The maximum Gasteiger partial charge on any atom is 0.0769 e. The molecule has 0 fully saturated rings. The van der Waals surface area contributed by atoms with Gasteiger partial charge in [0.2, 0.25) is 0 Å². The van der Waals surface area contributed by atoms with Gasteiger partial charge in [-0.1, -0.05) is 42.5 Å². The number of para-hydroxylation sites is 1. The van der Waals surface area contributed by atoms with Gasteiger partial charge in [-0.25, -0.2) is 0 Å². The number of rotatable bonds is 2. The van der Waals surface area contributed by atoms with Gasteiger partial charge in [-0.05, 0) is 64.4 Å². The molecule has 1 unspecified atom stereocenters. The third-order valence-electron chi connectivity index (χ3n) is 4.12. The van der Waals surface area contributed by atoms with Crippen LogP contribution in [0.1, 0.15) is 18.4 Å². The van der Waals surface area contributed by atoms with Crippen LogP contribution in [-0.4, -0.2) is 11.0 Å². The third-order valence-corrected chi connectivity index (χ3v) is 6.16. The fraction of sp³-hybridized carbons (Fsp3) is 0.150. The Hall–Kier alpha value is -1.33. The second kappa shape index (κ2) is 6.65. The molecule has 4 rings (SSSR count). The Kier molecular flexibility index (Phi) is 4.40. The van der Waals surface area contributed by atoms with Crippen LogP contribution in [0, 0.1) is 3.57 Å². The molecule has 3 heteroatoms. The van der Waals surface area contributed by atoms with Gasteiger partial charge in [0.25, 0.3) is 0 Å². The van der Waals surface area contributed by atoms with E-state index in [1.54, 1.807) is 0 Å². The highest BCUT2D eigenvalue weighted by Crippen LogP contribution is 2.41. The lowest BCUT2D eigenvalue weighted by molar-refractivity contribution is 1.07. The van der Waals surface area contributed by atoms with E-state index in [2.05, 4.69) is 89.3 Å². The zero-order valence-corrected chi connectivity index (χ0v) is 15.5. The molecular formula is C20H16INS. The molecule has 2 aromatic carbocycles. The summed E-state index contributed by atoms with van der Waals surface area (Å²) in [4.78, 5) is 6.28. The van der Waals surface area contributed by atoms with Crippen LogP contribution in [0.3, 0.4) is 0 Å². The molecule has 2 aliphatic rings. The standard InChI is InChI=1S/C20H16INS/c21-16-11-9-14(10-12-16)18-13-20(15-5-1-2-6-15)23-19-8-4-3-7-17(19)22-18/h1,3-12,20H,2,13H2. The highest BCUT2D eigenvalue weighted by Gasteiger charge is 2.23. The predicted molar refractivity (Wildman–Crippen MR) is 108 cm³/mol. The van der Waals surface area contributed by atoms with Crippen LogP contribution in [0.25, 0.3) is 0 Å². The molecule has 0 saturated heterocycles. The molecule has 0 bridgehead atoms. The van der Waals surface area contributed by atoms with Crippen LogP contribution < -0.4 is 0 Å². The largest absolute Gasteiger partial charge is 0.252 e. The first-order chi connectivity index (χ1) is 11.3. The Balaban J connectivity index is 1.78. The number of benzene rings is 2. The second-order valence-electron chi connectivity index (χ2n) is 5.69. The van der Waals surface area contributed by atoms with Crippen LogP contribution >= 0.6 is 34.4 Å². The zero-order valence-electron chi connectivity index (χ0n) is 12.6. The average Bonchev–Trinajstić information content (AvgIpc) is 3.03. The molecule has 1 nitrogen and oxygen atoms in total. The van der Waals surface area contributed by atoms with Gasteiger partial charge < -0.3 is 0 Å². The van der Waals surface area contributed by atoms with Crippen molar-refractivity contribution in [3.63, 3.8) is 0 Å². The molecule has 0 amide bonds. The normalized spacial score (nSPS) is 19.8. The number of fused-ring (bicyclic) bond motifs is 1. The maximum atomic E-state index is 5.00. The smallest absolute Gasteiger partial charge is 0.0769 e. The SMILES string of the molecule is Ic1ccc(C2=Nc3ccccc3SC(C3=CCC=C3)C2)cc1. The van der Waals surface area contributed by atoms with Gasteiger partial charge in [0.15, 0.2) is 0 Å². The molecule has 23 heavy (non-hydrogen) atoms. The summed E-state index contributed by atoms with van der Waals surface area (Å²) < 4.78 is 1.26. The van der Waals surface area contributed by atoms with E-state index in [0.29, 0.717) is 5.25 Å². The van der Waals surface area contributed by atoms with Crippen LogP contribution in [0.15, 0.2) is 82.2 Å². The third kappa shape index (κ3) is 3.31. The molecule has 0 saturated carbocycles. The van der Waals surface area contributed by atoms with Crippen LogP contribution in [-0.2, 0) is 0 Å². The van der Waals surface area contributed by atoms with Crippen molar-refractivity contribution < 1.29 is 0 Å². The molecule has 0 spiro atoms. The van der Waals surface area contributed by atoms with Gasteiger partial charge in [0.05, 0.1) is 5.69 Å². The Morgan fingerprint density at radius 2 is 1.87 bits per heavy atom. The van der Waals surface area contributed by atoms with Crippen molar-refractivity contribution in [1.29, 1.82) is 0 Å². The fourth-order valence-electron chi connectivity index (χ4n) is 2.94. The molecule has 1 atom stereocenters. The summed E-state index contributed by atoms with van der Waals surface area (Å²) in [6.07, 6.45) is 8.89. The topological polar surface area (TPSA) is 12.4 Å². The van der Waals surface area contributed by atoms with E-state index < -0.39 is 0 Å². The Morgan fingerprint density at radius 3 is 2.65 bits per heavy atom. The minimum atomic E-state index is 0.440. The Morgan fingerprint density at radius 1 is 1.04 bits per heavy atom. The summed E-state index contributed by atoms with van der Waals surface area (Å²) in [7, 11) is 0. The molecule has 0 radical (unpaired) electrons. The number of nitrogens with zero attached hydrogens (tertiary/aromatic N) is 1. The van der Waals surface area contributed by atoms with E-state index in [-0.39, 0.29) is 0 Å². The molecule has 0 aromatic heterocycles. The first kappa shape index (κ1) is 15.2. The summed E-state index contributed by atoms with van der Waals surface area (Å²) in [5, 5.41) is 0.440. The summed E-state index contributed by atoms with van der Waals surface area (Å²) in [5.74, 6) is 0. The van der Waals surface area contributed by atoms with Crippen molar-refractivity contribution in [2.24, 2.45) is 4.99 Å². The molecule has 2 aromatic rings. The fourth-order valence-corrected chi connectivity index (χ4v) is 4.55. The number of halogens is 1. The number of allylic oxidation sites excluding steroid dienone is 3. The van der Waals surface area contributed by atoms with Gasteiger partial charge in [-0.15, -0.1) is 11.8 Å². The Labute approximate surface area is 154 Å². The van der Waals surface area contributed by atoms with Crippen LogP contribution in [0.2, 0.25) is 0 Å². The van der Waals surface area contributed by atoms with E-state index >= 15 is 0 Å². The van der Waals surface area contributed by atoms with Crippen molar-refractivity contribution in [2.45, 2.75) is 23.0 Å². The molecular weight excluding hydrogens is 413 g/mol. The lowest BCUT2D eigenvalue weighted by Crippen LogP contribution is -2.12. The number of hydrogen-bond donors (Lipinski definition) is 0. The van der Waals surface area contributed by atoms with Crippen molar-refractivity contribution in [1.82, 2.24) is 0 Å². The van der Waals surface area contributed by atoms with E-state index in [4.69, 9.17) is 4.99 Å². The van der Waals surface area contributed by atoms with Crippen LogP contribution in [0.4, 0.5) is 5.69 Å². The number of aliphatic imine (C=N–C) groups is 1. The zero-order chi connectivity index (χ0) is 15.6. The minimum absolute atomic E-state index is 0.440. The van der Waals surface area contributed by atoms with E-state index in [0.717, 1.165) is 18.5 Å². The molecule has 1 heterocycles. The summed E-state index contributed by atoms with van der Waals surface area (Å²) in [6, 6.07) is 17.2. The van der Waals surface area contributed by atoms with E-state index in [1.165, 1.54) is 25.3 Å². The lowest BCUT2D eigenvalue weighted by Gasteiger charge is -2.16. The lowest BCUT2D eigenvalue weighted by atomic mass is 10.0. The monoisotopic (exact) mass is 429 g/mol. The van der Waals surface area contributed by atoms with Gasteiger partial charge in [0, 0.05) is 25.8 Å². The molecule has 0 N–H and O–H groups in total. The van der Waals surface area contributed by atoms with Gasteiger partial charge in [0.1, 0.15) is 0 Å². The first-order valence-corrected chi connectivity index (χ1v) is 9.71. The highest BCUT2D eigenvalue weighted by molar-refractivity contribution is 14.1. The summed E-state index contributed by atoms with van der Waals surface area (Å²) >= 11 is 4.29. The van der Waals surface area contributed by atoms with Gasteiger partial charge >= 0.3 is 0 Å². The van der Waals surface area contributed by atoms with Crippen molar-refractivity contribution >= 4 is 45.8 Å². The first-order valence-electron chi connectivity index (χ1n) is 7.75. The van der Waals surface area contributed by atoms with Crippen molar-refractivity contribution in [3.8, 4) is 0 Å². The maximum absolute atomic E-state index is 5.00. The highest BCUT2D eigenvalue weighted by atomic mass is 127. The Bertz CT molecular complexity index is 818. The van der Waals surface area contributed by atoms with E-state index in [1.807, 2.05) is 11.8 Å². The quantitative estimate of drug-likeness (QED) is 0.521. The second-order valence-corrected chi connectivity index (χ2v) is 8.18. The number of hydrogen-bond acceptors (Lipinski definition) is 2. The van der Waals surface area contributed by atoms with E-state index in [9.17, 15) is 0 Å². The molecule has 1 aliphatic carbocycles. The van der Waals surface area contributed by atoms with Crippen molar-refractivity contribution in [2.75, 3.05) is 0 Å². The predicted octanol–water partition coefficient (Wildman–Crippen LogP) is 6.16. The van der Waals surface area contributed by atoms with Crippen LogP contribution in [0.5, 0.6) is 0 Å². The average molecular weight is 429 g/mol. The van der Waals surface area contributed by atoms with Crippen molar-refractivity contribution in [3.05, 3.63) is 81.5 Å². The van der Waals surface area contributed by atoms with Gasteiger partial charge in [-0.3, -0.25) is 4.99 Å². The minimum Gasteiger partial charge on any atom is -0.252 e. The number of thioether (sulfide) groups is 1. The summed E-state index contributed by atoms with van der Waals surface area (Å²) in [5.41, 5.74) is 4.95. The molecule has 1 aliphatic heterocycles.